The van der Waals surface area contributed by atoms with Crippen molar-refractivity contribution in [2.24, 2.45) is 5.92 Å². The number of anilines is 2. The van der Waals surface area contributed by atoms with Crippen LogP contribution in [0.3, 0.4) is 0 Å². The maximum atomic E-state index is 12.1. The summed E-state index contributed by atoms with van der Waals surface area (Å²) in [6.45, 7) is 4.45. The van der Waals surface area contributed by atoms with E-state index in [9.17, 15) is 13.2 Å². The molecule has 0 bridgehead atoms. The number of carbonyl (C=O) groups excluding carboxylic acids is 1. The Hall–Kier alpha value is -1.36. The second kappa shape index (κ2) is 10.4. The van der Waals surface area contributed by atoms with Gasteiger partial charge < -0.3 is 5.32 Å². The van der Waals surface area contributed by atoms with Gasteiger partial charge in [-0.15, -0.1) is 10.2 Å². The van der Waals surface area contributed by atoms with Gasteiger partial charge in [0.15, 0.2) is 4.34 Å². The third kappa shape index (κ3) is 7.57. The lowest BCUT2D eigenvalue weighted by molar-refractivity contribution is -0.116. The fourth-order valence-corrected chi connectivity index (χ4v) is 5.05. The Bertz CT molecular complexity index is 885. The van der Waals surface area contributed by atoms with Gasteiger partial charge in [0.25, 0.3) is 0 Å². The molecule has 2 aromatic rings. The molecule has 1 aromatic carbocycles. The lowest BCUT2D eigenvalue weighted by atomic mass is 10.2. The number of nitrogens with one attached hydrogen (secondary N) is 1. The van der Waals surface area contributed by atoms with Gasteiger partial charge in [0.05, 0.1) is 11.9 Å². The molecule has 0 aliphatic carbocycles. The van der Waals surface area contributed by atoms with Crippen molar-refractivity contribution in [2.75, 3.05) is 28.2 Å². The maximum Gasteiger partial charge on any atom is 0.232 e. The molecule has 0 spiro atoms. The van der Waals surface area contributed by atoms with E-state index >= 15 is 0 Å². The minimum atomic E-state index is -3.46. The monoisotopic (exact) mass is 462 g/mol. The number of aromatic nitrogens is 2. The summed E-state index contributed by atoms with van der Waals surface area (Å²) in [6, 6.07) is 6.54. The molecule has 11 heteroatoms. The van der Waals surface area contributed by atoms with Crippen LogP contribution in [0.25, 0.3) is 0 Å². The number of benzene rings is 1. The maximum absolute atomic E-state index is 12.1. The summed E-state index contributed by atoms with van der Waals surface area (Å²) in [5, 5.41) is 11.7. The van der Waals surface area contributed by atoms with Gasteiger partial charge in [0.2, 0.25) is 21.1 Å². The third-order valence-electron chi connectivity index (χ3n) is 3.47. The Morgan fingerprint density at radius 3 is 2.57 bits per heavy atom. The zero-order valence-electron chi connectivity index (χ0n) is 15.9. The van der Waals surface area contributed by atoms with E-state index in [1.165, 1.54) is 15.6 Å². The summed E-state index contributed by atoms with van der Waals surface area (Å²) < 4.78 is 26.2. The molecule has 154 valence electrons. The fraction of sp³-hybridized carbons (Fsp3) is 0.471. The van der Waals surface area contributed by atoms with Crippen LogP contribution in [0, 0.1) is 5.92 Å². The molecule has 1 aromatic heterocycles. The minimum Gasteiger partial charge on any atom is -0.301 e. The highest BCUT2D eigenvalue weighted by Gasteiger charge is 2.18. The van der Waals surface area contributed by atoms with Crippen molar-refractivity contribution in [2.45, 2.75) is 31.0 Å². The largest absolute Gasteiger partial charge is 0.301 e. The predicted octanol–water partition coefficient (Wildman–Crippen LogP) is 4.12. The smallest absolute Gasteiger partial charge is 0.232 e. The summed E-state index contributed by atoms with van der Waals surface area (Å²) in [7, 11) is -3.46. The molecular formula is C17H23ClN4O3S3. The molecule has 1 heterocycles. The van der Waals surface area contributed by atoms with Gasteiger partial charge in [-0.2, -0.15) is 0 Å². The summed E-state index contributed by atoms with van der Waals surface area (Å²) in [6.07, 6.45) is 1.68. The number of thioether (sulfide) groups is 1. The number of amides is 1. The highest BCUT2D eigenvalue weighted by molar-refractivity contribution is 8.01. The van der Waals surface area contributed by atoms with E-state index in [1.54, 1.807) is 36.0 Å². The number of halogens is 1. The van der Waals surface area contributed by atoms with E-state index in [2.05, 4.69) is 29.4 Å². The van der Waals surface area contributed by atoms with E-state index in [0.29, 0.717) is 28.2 Å². The number of hydrogen-bond donors (Lipinski definition) is 1. The molecule has 1 amide bonds. The number of carbonyl (C=O) groups is 1. The number of rotatable bonds is 10. The van der Waals surface area contributed by atoms with E-state index in [1.807, 2.05) is 0 Å². The fourth-order valence-electron chi connectivity index (χ4n) is 2.22. The topological polar surface area (TPSA) is 92.3 Å². The first kappa shape index (κ1) is 22.9. The lowest BCUT2D eigenvalue weighted by Gasteiger charge is -2.22. The average Bonchev–Trinajstić information content (AvgIpc) is 3.04. The van der Waals surface area contributed by atoms with Gasteiger partial charge in [-0.25, -0.2) is 8.42 Å². The number of hydrogen-bond acceptors (Lipinski definition) is 7. The Morgan fingerprint density at radius 1 is 1.29 bits per heavy atom. The molecule has 0 saturated carbocycles. The SMILES string of the molecule is CC(C)CSc1nnc(NC(=O)CCCN(c2ccc(Cl)cc2)S(C)(=O)=O)s1. The Morgan fingerprint density at radius 2 is 1.96 bits per heavy atom. The zero-order valence-corrected chi connectivity index (χ0v) is 19.1. The van der Waals surface area contributed by atoms with Crippen LogP contribution >= 0.6 is 34.7 Å². The second-order valence-electron chi connectivity index (χ2n) is 6.54. The van der Waals surface area contributed by atoms with Crippen LogP contribution in [-0.2, 0) is 14.8 Å². The van der Waals surface area contributed by atoms with Crippen molar-refractivity contribution < 1.29 is 13.2 Å². The number of sulfonamides is 1. The lowest BCUT2D eigenvalue weighted by Crippen LogP contribution is -2.31. The Kier molecular flexibility index (Phi) is 8.54. The highest BCUT2D eigenvalue weighted by atomic mass is 35.5. The van der Waals surface area contributed by atoms with Gasteiger partial charge in [0.1, 0.15) is 0 Å². The molecule has 0 radical (unpaired) electrons. The molecule has 0 aliphatic heterocycles. The van der Waals surface area contributed by atoms with Gasteiger partial charge in [-0.3, -0.25) is 9.10 Å². The van der Waals surface area contributed by atoms with E-state index < -0.39 is 10.0 Å². The van der Waals surface area contributed by atoms with Gasteiger partial charge >= 0.3 is 0 Å². The molecule has 0 atom stereocenters. The molecule has 7 nitrogen and oxygen atoms in total. The zero-order chi connectivity index (χ0) is 20.7. The Labute approximate surface area is 178 Å². The van der Waals surface area contributed by atoms with E-state index in [4.69, 9.17) is 11.6 Å². The first-order valence-electron chi connectivity index (χ1n) is 8.64. The first-order chi connectivity index (χ1) is 13.1. The van der Waals surface area contributed by atoms with Crippen molar-refractivity contribution in [3.05, 3.63) is 29.3 Å². The van der Waals surface area contributed by atoms with Gasteiger partial charge in [0, 0.05) is 23.7 Å². The normalized spacial score (nSPS) is 11.6. The van der Waals surface area contributed by atoms with Crippen LogP contribution in [-0.4, -0.2) is 43.1 Å². The summed E-state index contributed by atoms with van der Waals surface area (Å²) in [5.74, 6) is 1.26. The second-order valence-corrected chi connectivity index (χ2v) is 11.1. The highest BCUT2D eigenvalue weighted by Crippen LogP contribution is 2.27. The van der Waals surface area contributed by atoms with Crippen LogP contribution in [0.2, 0.25) is 5.02 Å². The van der Waals surface area contributed by atoms with Crippen molar-refractivity contribution in [1.82, 2.24) is 10.2 Å². The van der Waals surface area contributed by atoms with E-state index in [0.717, 1.165) is 16.3 Å². The Balaban J connectivity index is 1.86. The molecule has 28 heavy (non-hydrogen) atoms. The van der Waals surface area contributed by atoms with Crippen molar-refractivity contribution in [3.63, 3.8) is 0 Å². The molecule has 0 fully saturated rings. The molecule has 0 saturated heterocycles. The van der Waals surface area contributed by atoms with Crippen molar-refractivity contribution in [3.8, 4) is 0 Å². The minimum absolute atomic E-state index is 0.174. The quantitative estimate of drug-likeness (QED) is 0.421. The van der Waals surface area contributed by atoms with Crippen molar-refractivity contribution in [1.29, 1.82) is 0 Å². The summed E-state index contributed by atoms with van der Waals surface area (Å²) in [5.41, 5.74) is 0.517. The van der Waals surface area contributed by atoms with Crippen LogP contribution in [0.15, 0.2) is 28.6 Å². The van der Waals surface area contributed by atoms with Crippen molar-refractivity contribution >= 4 is 61.4 Å². The standard InChI is InChI=1S/C17H23ClN4O3S3/c1-12(2)11-26-17-21-20-16(27-17)19-15(23)5-4-10-22(28(3,24)25)14-8-6-13(18)7-9-14/h6-9,12H,4-5,10-11H2,1-3H3,(H,19,20,23). The molecule has 0 unspecified atom stereocenters. The van der Waals surface area contributed by atoms with Crippen LogP contribution < -0.4 is 9.62 Å². The van der Waals surface area contributed by atoms with Crippen LogP contribution in [0.1, 0.15) is 26.7 Å². The molecule has 2 rings (SSSR count). The van der Waals surface area contributed by atoms with Crippen LogP contribution in [0.5, 0.6) is 0 Å². The molecular weight excluding hydrogens is 440 g/mol. The van der Waals surface area contributed by atoms with Crippen LogP contribution in [0.4, 0.5) is 10.8 Å². The summed E-state index contributed by atoms with van der Waals surface area (Å²) in [4.78, 5) is 12.1. The molecule has 1 N–H and O–H groups in total. The third-order valence-corrected chi connectivity index (χ3v) is 7.32. The number of nitrogens with zero attached hydrogens (tertiary/aromatic N) is 3. The summed E-state index contributed by atoms with van der Waals surface area (Å²) >= 11 is 8.80. The van der Waals surface area contributed by atoms with Gasteiger partial charge in [-0.1, -0.05) is 48.5 Å². The molecule has 0 aliphatic rings. The van der Waals surface area contributed by atoms with Gasteiger partial charge in [-0.05, 0) is 36.6 Å². The average molecular weight is 463 g/mol. The van der Waals surface area contributed by atoms with E-state index in [-0.39, 0.29) is 18.9 Å². The first-order valence-corrected chi connectivity index (χ1v) is 12.7. The predicted molar refractivity (Wildman–Crippen MR) is 117 cm³/mol.